The van der Waals surface area contributed by atoms with Crippen LogP contribution in [0, 0.1) is 17.6 Å². The van der Waals surface area contributed by atoms with Gasteiger partial charge >= 0.3 is 0 Å². The van der Waals surface area contributed by atoms with Crippen LogP contribution in [0.15, 0.2) is 18.2 Å². The monoisotopic (exact) mass is 282 g/mol. The number of likely N-dealkylation sites (tertiary alicyclic amines) is 1. The minimum atomic E-state index is -0.752. The Morgan fingerprint density at radius 2 is 2.00 bits per heavy atom. The molecule has 1 saturated heterocycles. The summed E-state index contributed by atoms with van der Waals surface area (Å²) < 4.78 is 27.1. The van der Waals surface area contributed by atoms with Crippen LogP contribution in [0.25, 0.3) is 0 Å². The molecule has 1 fully saturated rings. The summed E-state index contributed by atoms with van der Waals surface area (Å²) in [5, 5.41) is 3.18. The smallest absolute Gasteiger partial charge is 0.163 e. The standard InChI is InChI=1S/C16H24F2N2/c1-12(14-4-3-5-15(17)16(14)18)20-10-7-13(8-11-20)6-9-19-2/h3-5,12-13,19H,6-11H2,1-2H3. The summed E-state index contributed by atoms with van der Waals surface area (Å²) in [5.74, 6) is -0.696. The fourth-order valence-corrected chi connectivity index (χ4v) is 3.02. The fraction of sp³-hybridized carbons (Fsp3) is 0.625. The van der Waals surface area contributed by atoms with E-state index in [1.807, 2.05) is 14.0 Å². The maximum atomic E-state index is 13.8. The van der Waals surface area contributed by atoms with Crippen LogP contribution in [-0.4, -0.2) is 31.6 Å². The fourth-order valence-electron chi connectivity index (χ4n) is 3.02. The predicted octanol–water partition coefficient (Wildman–Crippen LogP) is 3.35. The van der Waals surface area contributed by atoms with Crippen LogP contribution in [-0.2, 0) is 0 Å². The van der Waals surface area contributed by atoms with E-state index < -0.39 is 11.6 Å². The predicted molar refractivity (Wildman–Crippen MR) is 77.6 cm³/mol. The molecule has 0 aliphatic carbocycles. The van der Waals surface area contributed by atoms with Gasteiger partial charge in [-0.25, -0.2) is 8.78 Å². The number of halogens is 2. The molecule has 2 rings (SSSR count). The lowest BCUT2D eigenvalue weighted by molar-refractivity contribution is 0.135. The first-order valence-electron chi connectivity index (χ1n) is 7.46. The molecule has 1 aromatic rings. The van der Waals surface area contributed by atoms with Gasteiger partial charge in [0.2, 0.25) is 0 Å². The van der Waals surface area contributed by atoms with Crippen molar-refractivity contribution in [3.05, 3.63) is 35.4 Å². The zero-order chi connectivity index (χ0) is 14.5. The molecule has 0 spiro atoms. The van der Waals surface area contributed by atoms with E-state index in [9.17, 15) is 8.78 Å². The Bertz CT molecular complexity index is 428. The lowest BCUT2D eigenvalue weighted by atomic mass is 9.92. The number of rotatable bonds is 5. The molecule has 1 aromatic carbocycles. The summed E-state index contributed by atoms with van der Waals surface area (Å²) in [4.78, 5) is 2.26. The molecule has 1 heterocycles. The van der Waals surface area contributed by atoms with Gasteiger partial charge < -0.3 is 5.32 Å². The lowest BCUT2D eigenvalue weighted by Crippen LogP contribution is -2.36. The zero-order valence-electron chi connectivity index (χ0n) is 12.3. The summed E-state index contributed by atoms with van der Waals surface area (Å²) in [5.41, 5.74) is 0.471. The summed E-state index contributed by atoms with van der Waals surface area (Å²) in [6, 6.07) is 4.39. The normalized spacial score (nSPS) is 19.2. The molecule has 0 radical (unpaired) electrons. The second kappa shape index (κ2) is 7.14. The third kappa shape index (κ3) is 3.55. The molecule has 2 nitrogen and oxygen atoms in total. The molecule has 1 aliphatic rings. The van der Waals surface area contributed by atoms with Gasteiger partial charge in [-0.15, -0.1) is 0 Å². The third-order valence-electron chi connectivity index (χ3n) is 4.43. The summed E-state index contributed by atoms with van der Waals surface area (Å²) in [6.45, 7) is 4.95. The van der Waals surface area contributed by atoms with Gasteiger partial charge in [0.25, 0.3) is 0 Å². The molecule has 1 aliphatic heterocycles. The molecule has 4 heteroatoms. The first-order valence-corrected chi connectivity index (χ1v) is 7.46. The molecule has 0 saturated carbocycles. The van der Waals surface area contributed by atoms with E-state index >= 15 is 0 Å². The molecule has 1 unspecified atom stereocenters. The minimum Gasteiger partial charge on any atom is -0.320 e. The molecule has 0 bridgehead atoms. The molecule has 1 atom stereocenters. The van der Waals surface area contributed by atoms with Crippen LogP contribution in [0.5, 0.6) is 0 Å². The second-order valence-corrected chi connectivity index (χ2v) is 5.69. The molecular weight excluding hydrogens is 258 g/mol. The van der Waals surface area contributed by atoms with Gasteiger partial charge in [0, 0.05) is 11.6 Å². The van der Waals surface area contributed by atoms with E-state index in [-0.39, 0.29) is 6.04 Å². The van der Waals surface area contributed by atoms with Gasteiger partial charge in [-0.1, -0.05) is 12.1 Å². The average molecular weight is 282 g/mol. The van der Waals surface area contributed by atoms with E-state index in [2.05, 4.69) is 10.2 Å². The number of benzene rings is 1. The number of nitrogens with zero attached hydrogens (tertiary/aromatic N) is 1. The first-order chi connectivity index (χ1) is 9.63. The highest BCUT2D eigenvalue weighted by Crippen LogP contribution is 2.29. The lowest BCUT2D eigenvalue weighted by Gasteiger charge is -2.36. The molecule has 20 heavy (non-hydrogen) atoms. The van der Waals surface area contributed by atoms with Gasteiger partial charge in [0.1, 0.15) is 0 Å². The Hall–Kier alpha value is -1.00. The van der Waals surface area contributed by atoms with Gasteiger partial charge in [-0.3, -0.25) is 4.90 Å². The van der Waals surface area contributed by atoms with Crippen molar-refractivity contribution in [2.24, 2.45) is 5.92 Å². The van der Waals surface area contributed by atoms with Gasteiger partial charge in [-0.05, 0) is 64.9 Å². The van der Waals surface area contributed by atoms with E-state index in [0.29, 0.717) is 5.56 Å². The van der Waals surface area contributed by atoms with Gasteiger partial charge in [0.05, 0.1) is 0 Å². The van der Waals surface area contributed by atoms with Crippen molar-refractivity contribution in [1.82, 2.24) is 10.2 Å². The highest BCUT2D eigenvalue weighted by molar-refractivity contribution is 5.22. The third-order valence-corrected chi connectivity index (χ3v) is 4.43. The van der Waals surface area contributed by atoms with Crippen molar-refractivity contribution in [1.29, 1.82) is 0 Å². The number of hydrogen-bond donors (Lipinski definition) is 1. The van der Waals surface area contributed by atoms with Crippen LogP contribution >= 0.6 is 0 Å². The van der Waals surface area contributed by atoms with E-state index in [1.165, 1.54) is 12.5 Å². The number of nitrogens with one attached hydrogen (secondary N) is 1. The molecule has 0 aromatic heterocycles. The second-order valence-electron chi connectivity index (χ2n) is 5.69. The van der Waals surface area contributed by atoms with Crippen molar-refractivity contribution in [3.8, 4) is 0 Å². The molecule has 112 valence electrons. The summed E-state index contributed by atoms with van der Waals surface area (Å²) in [6.07, 6.45) is 3.49. The van der Waals surface area contributed by atoms with Crippen molar-refractivity contribution in [3.63, 3.8) is 0 Å². The Balaban J connectivity index is 1.94. The van der Waals surface area contributed by atoms with Crippen molar-refractivity contribution in [2.45, 2.75) is 32.2 Å². The zero-order valence-corrected chi connectivity index (χ0v) is 12.3. The Labute approximate surface area is 120 Å². The van der Waals surface area contributed by atoms with E-state index in [1.54, 1.807) is 12.1 Å². The maximum absolute atomic E-state index is 13.8. The van der Waals surface area contributed by atoms with Crippen molar-refractivity contribution >= 4 is 0 Å². The SMILES string of the molecule is CNCCC1CCN(C(C)c2cccc(F)c2F)CC1. The topological polar surface area (TPSA) is 15.3 Å². The average Bonchev–Trinajstić information content (AvgIpc) is 2.48. The molecule has 1 N–H and O–H groups in total. The first kappa shape index (κ1) is 15.4. The van der Waals surface area contributed by atoms with Crippen molar-refractivity contribution < 1.29 is 8.78 Å². The van der Waals surface area contributed by atoms with Crippen LogP contribution in [0.1, 0.15) is 37.8 Å². The summed E-state index contributed by atoms with van der Waals surface area (Å²) in [7, 11) is 1.98. The maximum Gasteiger partial charge on any atom is 0.163 e. The van der Waals surface area contributed by atoms with E-state index in [0.717, 1.165) is 38.4 Å². The van der Waals surface area contributed by atoms with Gasteiger partial charge in [-0.2, -0.15) is 0 Å². The molecular formula is C16H24F2N2. The Morgan fingerprint density at radius 3 is 2.65 bits per heavy atom. The minimum absolute atomic E-state index is 0.0593. The quantitative estimate of drug-likeness (QED) is 0.891. The summed E-state index contributed by atoms with van der Waals surface area (Å²) >= 11 is 0. The number of piperidine rings is 1. The van der Waals surface area contributed by atoms with Crippen LogP contribution in [0.4, 0.5) is 8.78 Å². The van der Waals surface area contributed by atoms with Crippen LogP contribution in [0.2, 0.25) is 0 Å². The largest absolute Gasteiger partial charge is 0.320 e. The van der Waals surface area contributed by atoms with Crippen LogP contribution < -0.4 is 5.32 Å². The Kier molecular flexibility index (Phi) is 5.49. The van der Waals surface area contributed by atoms with Gasteiger partial charge in [0.15, 0.2) is 11.6 Å². The van der Waals surface area contributed by atoms with Crippen molar-refractivity contribution in [2.75, 3.05) is 26.7 Å². The van der Waals surface area contributed by atoms with Crippen LogP contribution in [0.3, 0.4) is 0 Å². The number of hydrogen-bond acceptors (Lipinski definition) is 2. The molecule has 0 amide bonds. The Morgan fingerprint density at radius 1 is 1.30 bits per heavy atom. The van der Waals surface area contributed by atoms with E-state index in [4.69, 9.17) is 0 Å². The highest BCUT2D eigenvalue weighted by Gasteiger charge is 2.25. The highest BCUT2D eigenvalue weighted by atomic mass is 19.2.